The van der Waals surface area contributed by atoms with Crippen molar-refractivity contribution in [2.75, 3.05) is 19.0 Å². The number of aromatic nitrogens is 4. The molecule has 0 atom stereocenters. The van der Waals surface area contributed by atoms with Crippen molar-refractivity contribution < 1.29 is 4.74 Å². The van der Waals surface area contributed by atoms with Gasteiger partial charge in [-0.15, -0.1) is 0 Å². The molecule has 0 unspecified atom stereocenters. The van der Waals surface area contributed by atoms with E-state index < -0.39 is 0 Å². The van der Waals surface area contributed by atoms with Gasteiger partial charge in [0.25, 0.3) is 0 Å². The number of fused-ring (bicyclic) bond motifs is 1. The van der Waals surface area contributed by atoms with E-state index in [2.05, 4.69) is 24.1 Å². The molecule has 0 aromatic heterocycles. The van der Waals surface area contributed by atoms with Gasteiger partial charge in [0.2, 0.25) is 0 Å². The third-order valence-corrected chi connectivity index (χ3v) is 3.94. The van der Waals surface area contributed by atoms with Crippen LogP contribution in [0, 0.1) is 0 Å². The van der Waals surface area contributed by atoms with Crippen LogP contribution in [0.2, 0.25) is 0 Å². The minimum absolute atomic E-state index is 0.265. The van der Waals surface area contributed by atoms with E-state index >= 15 is 0 Å². The smallest absolute Gasteiger partial charge is 0.165 e. The number of hydrogen-bond donors (Lipinski definition) is 1. The van der Waals surface area contributed by atoms with Crippen molar-refractivity contribution >= 4 is 5.82 Å². The number of rotatable bonds is 5. The lowest BCUT2D eigenvalue weighted by atomic mass is 10.1. The number of methoxy groups -OCH3 is 1. The lowest BCUT2D eigenvalue weighted by Gasteiger charge is -2.17. The quantitative estimate of drug-likeness (QED) is 0.777. The minimum atomic E-state index is 0.265. The van der Waals surface area contributed by atoms with Crippen LogP contribution >= 0.6 is 0 Å². The summed E-state index contributed by atoms with van der Waals surface area (Å²) < 4.78 is 7.48. The lowest BCUT2D eigenvalue weighted by Crippen LogP contribution is -2.11. The van der Waals surface area contributed by atoms with Crippen LogP contribution in [0.5, 0.6) is 5.75 Å². The fourth-order valence-corrected chi connectivity index (χ4v) is 2.70. The lowest BCUT2D eigenvalue weighted by molar-refractivity contribution is 0.416. The van der Waals surface area contributed by atoms with Crippen molar-refractivity contribution in [2.24, 2.45) is 7.05 Å². The molecule has 0 saturated heterocycles. The zero-order valence-electron chi connectivity index (χ0n) is 14.8. The highest BCUT2D eigenvalue weighted by atomic mass is 16.5. The van der Waals surface area contributed by atoms with E-state index in [0.29, 0.717) is 0 Å². The molecule has 0 fully saturated rings. The Hall–Kier alpha value is -2.63. The summed E-state index contributed by atoms with van der Waals surface area (Å²) in [5, 5.41) is 3.31. The zero-order valence-corrected chi connectivity index (χ0v) is 14.8. The molecule has 0 bridgehead atoms. The third kappa shape index (κ3) is 2.68. The first-order valence-electron chi connectivity index (χ1n) is 8.18. The second-order valence-corrected chi connectivity index (χ2v) is 5.98. The first-order chi connectivity index (χ1) is 11.6. The summed E-state index contributed by atoms with van der Waals surface area (Å²) in [5.74, 6) is 4.26. The standard InChI is InChI=1S/C18H23N5O/c1-6-19-16-14-18(21-15(20-14)11(2)3)23(4)17(22-16)12-9-7-8-10-13(12)24-5/h7-11,19H,6H2,1-5H3. The Balaban J connectivity index is 2.29. The van der Waals surface area contributed by atoms with Crippen molar-refractivity contribution in [1.29, 1.82) is 0 Å². The topological polar surface area (TPSA) is 64.9 Å². The Morgan fingerprint density at radius 1 is 1.12 bits per heavy atom. The highest BCUT2D eigenvalue weighted by Crippen LogP contribution is 2.35. The fraction of sp³-hybridized carbons (Fsp3) is 0.389. The summed E-state index contributed by atoms with van der Waals surface area (Å²) in [6.07, 6.45) is 0. The summed E-state index contributed by atoms with van der Waals surface area (Å²) in [6, 6.07) is 7.87. The van der Waals surface area contributed by atoms with Crippen LogP contribution in [0.4, 0.5) is 5.82 Å². The number of benzene rings is 1. The molecule has 1 N–H and O–H groups in total. The molecule has 1 aromatic rings. The molecule has 0 saturated carbocycles. The molecule has 6 nitrogen and oxygen atoms in total. The van der Waals surface area contributed by atoms with Gasteiger partial charge in [0.1, 0.15) is 17.4 Å². The highest BCUT2D eigenvalue weighted by molar-refractivity contribution is 5.75. The van der Waals surface area contributed by atoms with Gasteiger partial charge in [0.05, 0.1) is 12.7 Å². The highest BCUT2D eigenvalue weighted by Gasteiger charge is 2.24. The SMILES string of the molecule is CCNc1nc(-c2ccccc2OC)n(C)c2nc(C(C)C)nc1-2. The summed E-state index contributed by atoms with van der Waals surface area (Å²) in [6.45, 7) is 7.00. The molecule has 6 heteroatoms. The van der Waals surface area contributed by atoms with Crippen LogP contribution in [0.25, 0.3) is 22.9 Å². The molecular weight excluding hydrogens is 302 g/mol. The molecular formula is C18H23N5O. The van der Waals surface area contributed by atoms with Gasteiger partial charge in [0.15, 0.2) is 17.3 Å². The normalized spacial score (nSPS) is 11.2. The molecule has 2 heterocycles. The van der Waals surface area contributed by atoms with E-state index in [-0.39, 0.29) is 5.92 Å². The van der Waals surface area contributed by atoms with E-state index in [1.807, 2.05) is 42.8 Å². The van der Waals surface area contributed by atoms with Crippen LogP contribution in [0.3, 0.4) is 0 Å². The number of nitrogens with one attached hydrogen (secondary N) is 1. The van der Waals surface area contributed by atoms with Gasteiger partial charge in [-0.25, -0.2) is 15.0 Å². The molecule has 0 aliphatic carbocycles. The number of anilines is 1. The van der Waals surface area contributed by atoms with E-state index in [0.717, 1.165) is 46.8 Å². The summed E-state index contributed by atoms with van der Waals surface area (Å²) >= 11 is 0. The van der Waals surface area contributed by atoms with Gasteiger partial charge in [-0.1, -0.05) is 26.0 Å². The fourth-order valence-electron chi connectivity index (χ4n) is 2.70. The Kier molecular flexibility index (Phi) is 4.38. The van der Waals surface area contributed by atoms with Gasteiger partial charge in [-0.05, 0) is 19.1 Å². The molecule has 24 heavy (non-hydrogen) atoms. The van der Waals surface area contributed by atoms with Crippen molar-refractivity contribution in [3.8, 4) is 28.7 Å². The van der Waals surface area contributed by atoms with Crippen LogP contribution < -0.4 is 10.1 Å². The van der Waals surface area contributed by atoms with E-state index in [4.69, 9.17) is 14.7 Å². The maximum Gasteiger partial charge on any atom is 0.165 e. The number of imidazole rings is 1. The van der Waals surface area contributed by atoms with Crippen molar-refractivity contribution in [1.82, 2.24) is 19.5 Å². The number of para-hydroxylation sites is 1. The summed E-state index contributed by atoms with van der Waals surface area (Å²) in [5.41, 5.74) is 1.74. The zero-order chi connectivity index (χ0) is 17.3. The van der Waals surface area contributed by atoms with Gasteiger partial charge >= 0.3 is 0 Å². The van der Waals surface area contributed by atoms with E-state index in [1.54, 1.807) is 7.11 Å². The first kappa shape index (κ1) is 16.2. The molecule has 126 valence electrons. The summed E-state index contributed by atoms with van der Waals surface area (Å²) in [4.78, 5) is 14.2. The van der Waals surface area contributed by atoms with Gasteiger partial charge < -0.3 is 14.6 Å². The maximum atomic E-state index is 5.50. The molecule has 0 amide bonds. The summed E-state index contributed by atoms with van der Waals surface area (Å²) in [7, 11) is 3.63. The van der Waals surface area contributed by atoms with E-state index in [9.17, 15) is 0 Å². The van der Waals surface area contributed by atoms with Crippen LogP contribution in [0.1, 0.15) is 32.5 Å². The minimum Gasteiger partial charge on any atom is -0.496 e. The predicted octanol–water partition coefficient (Wildman–Crippen LogP) is 3.55. The molecule has 2 aliphatic rings. The number of hydrogen-bond acceptors (Lipinski definition) is 5. The molecule has 2 aliphatic heterocycles. The van der Waals surface area contributed by atoms with Crippen molar-refractivity contribution in [3.63, 3.8) is 0 Å². The predicted molar refractivity (Wildman–Crippen MR) is 95.7 cm³/mol. The molecule has 1 aromatic carbocycles. The van der Waals surface area contributed by atoms with Crippen LogP contribution in [-0.4, -0.2) is 33.2 Å². The maximum absolute atomic E-state index is 5.50. The molecule has 3 rings (SSSR count). The molecule has 0 radical (unpaired) electrons. The molecule has 0 spiro atoms. The van der Waals surface area contributed by atoms with E-state index in [1.165, 1.54) is 0 Å². The van der Waals surface area contributed by atoms with Crippen LogP contribution in [0.15, 0.2) is 24.3 Å². The first-order valence-corrected chi connectivity index (χ1v) is 8.18. The number of nitrogens with zero attached hydrogens (tertiary/aromatic N) is 4. The van der Waals surface area contributed by atoms with Gasteiger partial charge in [-0.3, -0.25) is 0 Å². The Bertz CT molecular complexity index is 824. The average Bonchev–Trinajstić information content (AvgIpc) is 3.04. The monoisotopic (exact) mass is 325 g/mol. The Morgan fingerprint density at radius 3 is 2.54 bits per heavy atom. The van der Waals surface area contributed by atoms with Gasteiger partial charge in [-0.2, -0.15) is 0 Å². The second-order valence-electron chi connectivity index (χ2n) is 5.98. The second kappa shape index (κ2) is 6.47. The Labute approximate surface area is 142 Å². The van der Waals surface area contributed by atoms with Gasteiger partial charge in [0, 0.05) is 19.5 Å². The number of ether oxygens (including phenoxy) is 1. The average molecular weight is 325 g/mol. The largest absolute Gasteiger partial charge is 0.496 e. The van der Waals surface area contributed by atoms with Crippen LogP contribution in [-0.2, 0) is 7.05 Å². The van der Waals surface area contributed by atoms with Crippen molar-refractivity contribution in [3.05, 3.63) is 30.1 Å². The third-order valence-electron chi connectivity index (χ3n) is 3.94. The van der Waals surface area contributed by atoms with Crippen molar-refractivity contribution in [2.45, 2.75) is 26.7 Å². The Morgan fingerprint density at radius 2 is 1.88 bits per heavy atom.